The Bertz CT molecular complexity index is 778. The van der Waals surface area contributed by atoms with Gasteiger partial charge in [0.25, 0.3) is 0 Å². The number of aromatic nitrogens is 2. The zero-order valence-corrected chi connectivity index (χ0v) is 13.2. The minimum Gasteiger partial charge on any atom is -0.343 e. The van der Waals surface area contributed by atoms with Gasteiger partial charge in [-0.15, -0.1) is 0 Å². The molecule has 1 aromatic carbocycles. The molecule has 0 bridgehead atoms. The highest BCUT2D eigenvalue weighted by Gasteiger charge is 2.17. The van der Waals surface area contributed by atoms with Gasteiger partial charge in [-0.2, -0.15) is 10.4 Å². The monoisotopic (exact) mass is 308 g/mol. The molecule has 1 fully saturated rings. The summed E-state index contributed by atoms with van der Waals surface area (Å²) in [6.45, 7) is 6.48. The molecule has 1 amide bonds. The summed E-state index contributed by atoms with van der Waals surface area (Å²) in [6, 6.07) is 7.66. The number of amides is 1. The van der Waals surface area contributed by atoms with Gasteiger partial charge in [-0.25, -0.2) is 0 Å². The molecule has 1 aliphatic rings. The van der Waals surface area contributed by atoms with Crippen LogP contribution < -0.4 is 0 Å². The number of likely N-dealkylation sites (tertiary alicyclic amines) is 1. The molecule has 2 aromatic rings. The highest BCUT2D eigenvalue weighted by atomic mass is 16.2. The highest BCUT2D eigenvalue weighted by molar-refractivity contribution is 5.80. The molecule has 0 N–H and O–H groups in total. The first-order valence-electron chi connectivity index (χ1n) is 7.97. The first kappa shape index (κ1) is 15.3. The van der Waals surface area contributed by atoms with Crippen molar-refractivity contribution < 1.29 is 4.79 Å². The van der Waals surface area contributed by atoms with Gasteiger partial charge in [-0.1, -0.05) is 12.2 Å². The van der Waals surface area contributed by atoms with Crippen LogP contribution in [0.3, 0.4) is 0 Å². The van der Waals surface area contributed by atoms with Crippen molar-refractivity contribution in [3.63, 3.8) is 0 Å². The summed E-state index contributed by atoms with van der Waals surface area (Å²) < 4.78 is 1.87. The van der Waals surface area contributed by atoms with Crippen molar-refractivity contribution in [3.05, 3.63) is 42.1 Å². The lowest BCUT2D eigenvalue weighted by molar-refractivity contribution is -0.130. The van der Waals surface area contributed by atoms with Gasteiger partial charge in [-0.3, -0.25) is 9.48 Å². The lowest BCUT2D eigenvalue weighted by atomic mass is 10.1. The van der Waals surface area contributed by atoms with Crippen LogP contribution in [0.2, 0.25) is 0 Å². The minimum atomic E-state index is 0.229. The Morgan fingerprint density at radius 1 is 1.30 bits per heavy atom. The van der Waals surface area contributed by atoms with E-state index in [-0.39, 0.29) is 5.91 Å². The van der Waals surface area contributed by atoms with Gasteiger partial charge < -0.3 is 4.90 Å². The summed E-state index contributed by atoms with van der Waals surface area (Å²) in [4.78, 5) is 14.0. The molecular weight excluding hydrogens is 288 g/mol. The Balaban J connectivity index is 1.59. The fourth-order valence-electron chi connectivity index (χ4n) is 2.98. The third kappa shape index (κ3) is 3.42. The molecule has 0 saturated carbocycles. The molecule has 5 heteroatoms. The fraction of sp³-hybridized carbons (Fsp3) is 0.389. The van der Waals surface area contributed by atoms with Gasteiger partial charge in [0, 0.05) is 24.9 Å². The second-order valence-corrected chi connectivity index (χ2v) is 6.03. The number of nitriles is 1. The summed E-state index contributed by atoms with van der Waals surface area (Å²) in [5.41, 5.74) is 2.61. The van der Waals surface area contributed by atoms with E-state index in [1.54, 1.807) is 12.3 Å². The van der Waals surface area contributed by atoms with Gasteiger partial charge in [0.05, 0.1) is 29.9 Å². The maximum atomic E-state index is 12.1. The van der Waals surface area contributed by atoms with Crippen LogP contribution >= 0.6 is 0 Å². The molecule has 2 heterocycles. The van der Waals surface area contributed by atoms with Gasteiger partial charge in [0.1, 0.15) is 0 Å². The number of benzene rings is 1. The predicted molar refractivity (Wildman–Crippen MR) is 88.6 cm³/mol. The Morgan fingerprint density at radius 2 is 2.09 bits per heavy atom. The summed E-state index contributed by atoms with van der Waals surface area (Å²) in [5, 5.41) is 14.2. The average Bonchev–Trinajstić information content (AvgIpc) is 3.22. The molecule has 0 spiro atoms. The molecule has 0 radical (unpaired) electrons. The largest absolute Gasteiger partial charge is 0.343 e. The zero-order chi connectivity index (χ0) is 16.2. The van der Waals surface area contributed by atoms with Crippen LogP contribution in [0, 0.1) is 11.3 Å². The van der Waals surface area contributed by atoms with E-state index in [1.165, 1.54) is 0 Å². The van der Waals surface area contributed by atoms with Crippen molar-refractivity contribution in [1.29, 1.82) is 5.26 Å². The van der Waals surface area contributed by atoms with Crippen LogP contribution in [0.5, 0.6) is 0 Å². The van der Waals surface area contributed by atoms with Crippen molar-refractivity contribution in [1.82, 2.24) is 14.7 Å². The predicted octanol–water partition coefficient (Wildman–Crippen LogP) is 2.87. The first-order valence-corrected chi connectivity index (χ1v) is 7.97. The van der Waals surface area contributed by atoms with E-state index in [1.807, 2.05) is 21.7 Å². The fourth-order valence-corrected chi connectivity index (χ4v) is 2.98. The number of carbonyl (C=O) groups excluding carboxylic acids is 1. The van der Waals surface area contributed by atoms with Crippen molar-refractivity contribution in [2.75, 3.05) is 13.1 Å². The van der Waals surface area contributed by atoms with E-state index in [9.17, 15) is 4.79 Å². The van der Waals surface area contributed by atoms with Crippen LogP contribution in [0.25, 0.3) is 10.9 Å². The van der Waals surface area contributed by atoms with E-state index >= 15 is 0 Å². The van der Waals surface area contributed by atoms with E-state index < -0.39 is 0 Å². The quantitative estimate of drug-likeness (QED) is 0.798. The number of carbonyl (C=O) groups is 1. The van der Waals surface area contributed by atoms with Crippen LogP contribution in [0.15, 0.2) is 36.5 Å². The molecule has 0 atom stereocenters. The van der Waals surface area contributed by atoms with E-state index in [0.717, 1.165) is 42.4 Å². The average molecular weight is 308 g/mol. The summed E-state index contributed by atoms with van der Waals surface area (Å²) in [5.74, 6) is 0.229. The molecule has 0 aliphatic carbocycles. The number of nitrogens with zero attached hydrogens (tertiary/aromatic N) is 4. The Kier molecular flexibility index (Phi) is 4.42. The van der Waals surface area contributed by atoms with Crippen LogP contribution in [0.1, 0.15) is 31.2 Å². The molecule has 1 aromatic heterocycles. The highest BCUT2D eigenvalue weighted by Crippen LogP contribution is 2.18. The lowest BCUT2D eigenvalue weighted by Crippen LogP contribution is -2.27. The van der Waals surface area contributed by atoms with Gasteiger partial charge in [0.15, 0.2) is 0 Å². The Labute approximate surface area is 135 Å². The summed E-state index contributed by atoms with van der Waals surface area (Å²) in [6.07, 6.45) is 5.22. The van der Waals surface area contributed by atoms with Crippen molar-refractivity contribution in [2.45, 2.75) is 32.2 Å². The molecular formula is C18H20N4O. The van der Waals surface area contributed by atoms with E-state index in [0.29, 0.717) is 24.9 Å². The van der Waals surface area contributed by atoms with Gasteiger partial charge in [0.2, 0.25) is 5.91 Å². The molecule has 3 rings (SSSR count). The smallest absolute Gasteiger partial charge is 0.222 e. The molecule has 118 valence electrons. The second kappa shape index (κ2) is 6.66. The number of fused-ring (bicyclic) bond motifs is 1. The maximum Gasteiger partial charge on any atom is 0.222 e. The third-order valence-corrected chi connectivity index (χ3v) is 4.30. The molecule has 23 heavy (non-hydrogen) atoms. The Hall–Kier alpha value is -2.61. The first-order chi connectivity index (χ1) is 11.2. The maximum absolute atomic E-state index is 12.1. The van der Waals surface area contributed by atoms with Crippen LogP contribution in [0.4, 0.5) is 0 Å². The normalized spacial score (nSPS) is 14.1. The third-order valence-electron chi connectivity index (χ3n) is 4.30. The SMILES string of the molecule is C=C(CCC(=O)N1CCCC1)Cn1ncc2cc(C#N)ccc21. The molecule has 1 saturated heterocycles. The summed E-state index contributed by atoms with van der Waals surface area (Å²) in [7, 11) is 0. The number of rotatable bonds is 5. The van der Waals surface area contributed by atoms with Gasteiger partial charge >= 0.3 is 0 Å². The van der Waals surface area contributed by atoms with Gasteiger partial charge in [-0.05, 0) is 37.5 Å². The van der Waals surface area contributed by atoms with Crippen LogP contribution in [-0.2, 0) is 11.3 Å². The number of hydrogen-bond acceptors (Lipinski definition) is 3. The molecule has 1 aliphatic heterocycles. The lowest BCUT2D eigenvalue weighted by Gasteiger charge is -2.15. The van der Waals surface area contributed by atoms with Crippen LogP contribution in [-0.4, -0.2) is 33.7 Å². The minimum absolute atomic E-state index is 0.229. The molecule has 5 nitrogen and oxygen atoms in total. The topological polar surface area (TPSA) is 61.9 Å². The second-order valence-electron chi connectivity index (χ2n) is 6.03. The van der Waals surface area contributed by atoms with Crippen molar-refractivity contribution in [2.24, 2.45) is 0 Å². The number of allylic oxidation sites excluding steroid dienone is 1. The van der Waals surface area contributed by atoms with Crippen molar-refractivity contribution in [3.8, 4) is 6.07 Å². The standard InChI is InChI=1S/C18H20N4O/c1-14(4-7-18(23)21-8-2-3-9-21)13-22-17-6-5-15(11-19)10-16(17)12-20-22/h5-6,10,12H,1-4,7-9,13H2. The zero-order valence-electron chi connectivity index (χ0n) is 13.2. The van der Waals surface area contributed by atoms with Crippen molar-refractivity contribution >= 4 is 16.8 Å². The summed E-state index contributed by atoms with van der Waals surface area (Å²) >= 11 is 0. The molecule has 0 unspecified atom stereocenters. The number of hydrogen-bond donors (Lipinski definition) is 0. The van der Waals surface area contributed by atoms with E-state index in [2.05, 4.69) is 17.7 Å². The van der Waals surface area contributed by atoms with E-state index in [4.69, 9.17) is 5.26 Å². The Morgan fingerprint density at radius 3 is 2.83 bits per heavy atom.